The molecule has 0 fully saturated rings. The van der Waals surface area contributed by atoms with E-state index in [1.54, 1.807) is 19.9 Å². The highest BCUT2D eigenvalue weighted by atomic mass is 35.5. The van der Waals surface area contributed by atoms with Crippen LogP contribution >= 0.6 is 11.6 Å². The molecule has 0 spiro atoms. The van der Waals surface area contributed by atoms with Gasteiger partial charge in [-0.1, -0.05) is 11.6 Å². The predicted octanol–water partition coefficient (Wildman–Crippen LogP) is 1.26. The van der Waals surface area contributed by atoms with Crippen molar-refractivity contribution in [2.45, 2.75) is 20.0 Å². The fourth-order valence-electron chi connectivity index (χ4n) is 1.20. The van der Waals surface area contributed by atoms with E-state index in [9.17, 15) is 5.11 Å². The molecule has 1 rings (SSSR count). The maximum atomic E-state index is 9.20. The van der Waals surface area contributed by atoms with Crippen molar-refractivity contribution in [3.63, 3.8) is 0 Å². The summed E-state index contributed by atoms with van der Waals surface area (Å²) >= 11 is 5.79. The summed E-state index contributed by atoms with van der Waals surface area (Å²) in [7, 11) is 1.85. The van der Waals surface area contributed by atoms with Crippen LogP contribution in [-0.2, 0) is 0 Å². The summed E-state index contributed by atoms with van der Waals surface area (Å²) in [5.41, 5.74) is 0. The molecule has 0 aliphatic heterocycles. The van der Waals surface area contributed by atoms with E-state index in [1.807, 2.05) is 11.9 Å². The van der Waals surface area contributed by atoms with Crippen molar-refractivity contribution in [3.05, 3.63) is 17.0 Å². The first-order valence-corrected chi connectivity index (χ1v) is 4.77. The smallest absolute Gasteiger partial charge is 0.134 e. The van der Waals surface area contributed by atoms with Gasteiger partial charge >= 0.3 is 0 Å². The fraction of sp³-hybridized carbons (Fsp3) is 0.556. The van der Waals surface area contributed by atoms with Crippen LogP contribution in [0, 0.1) is 6.92 Å². The Kier molecular flexibility index (Phi) is 3.66. The third kappa shape index (κ3) is 3.12. The van der Waals surface area contributed by atoms with E-state index in [0.29, 0.717) is 17.5 Å². The average molecular weight is 216 g/mol. The standard InChI is InChI=1S/C9H14ClN3O/c1-6(14)5-13(3)9-4-8(10)11-7(2)12-9/h4,6,14H,5H2,1-3H3. The molecule has 1 N–H and O–H groups in total. The van der Waals surface area contributed by atoms with Crippen LogP contribution in [0.25, 0.3) is 0 Å². The number of halogens is 1. The average Bonchev–Trinajstić information content (AvgIpc) is 2.00. The van der Waals surface area contributed by atoms with Crippen LogP contribution in [0.3, 0.4) is 0 Å². The molecule has 0 radical (unpaired) electrons. The second kappa shape index (κ2) is 4.57. The Hall–Kier alpha value is -0.870. The summed E-state index contributed by atoms with van der Waals surface area (Å²) in [6.07, 6.45) is -0.394. The molecule has 1 heterocycles. The van der Waals surface area contributed by atoms with Gasteiger partial charge in [-0.25, -0.2) is 9.97 Å². The minimum absolute atomic E-state index is 0.394. The van der Waals surface area contributed by atoms with Gasteiger partial charge in [-0.15, -0.1) is 0 Å². The van der Waals surface area contributed by atoms with Crippen molar-refractivity contribution in [1.82, 2.24) is 9.97 Å². The van der Waals surface area contributed by atoms with Gasteiger partial charge in [0.1, 0.15) is 16.8 Å². The fourth-order valence-corrected chi connectivity index (χ4v) is 1.42. The number of aromatic nitrogens is 2. The van der Waals surface area contributed by atoms with E-state index >= 15 is 0 Å². The van der Waals surface area contributed by atoms with Crippen LogP contribution in [0.4, 0.5) is 5.82 Å². The van der Waals surface area contributed by atoms with Gasteiger partial charge < -0.3 is 10.0 Å². The van der Waals surface area contributed by atoms with Crippen LogP contribution in [0.5, 0.6) is 0 Å². The highest BCUT2D eigenvalue weighted by Gasteiger charge is 2.07. The molecule has 1 atom stereocenters. The molecule has 0 aliphatic rings. The van der Waals surface area contributed by atoms with Crippen molar-refractivity contribution in [2.24, 2.45) is 0 Å². The SMILES string of the molecule is Cc1nc(Cl)cc(N(C)CC(C)O)n1. The summed E-state index contributed by atoms with van der Waals surface area (Å²) in [6, 6.07) is 1.68. The zero-order valence-corrected chi connectivity index (χ0v) is 9.28. The van der Waals surface area contributed by atoms with Crippen LogP contribution in [0.1, 0.15) is 12.7 Å². The topological polar surface area (TPSA) is 49.2 Å². The molecule has 78 valence electrons. The third-order valence-corrected chi connectivity index (χ3v) is 1.92. The molecule has 1 aromatic heterocycles. The molecule has 14 heavy (non-hydrogen) atoms. The van der Waals surface area contributed by atoms with E-state index in [0.717, 1.165) is 5.82 Å². The quantitative estimate of drug-likeness (QED) is 0.772. The minimum Gasteiger partial charge on any atom is -0.392 e. The van der Waals surface area contributed by atoms with Crippen molar-refractivity contribution < 1.29 is 5.11 Å². The molecular weight excluding hydrogens is 202 g/mol. The minimum atomic E-state index is -0.394. The summed E-state index contributed by atoms with van der Waals surface area (Å²) < 4.78 is 0. The normalized spacial score (nSPS) is 12.6. The second-order valence-electron chi connectivity index (χ2n) is 3.33. The van der Waals surface area contributed by atoms with Crippen molar-refractivity contribution >= 4 is 17.4 Å². The first-order valence-electron chi connectivity index (χ1n) is 4.39. The second-order valence-corrected chi connectivity index (χ2v) is 3.71. The lowest BCUT2D eigenvalue weighted by atomic mass is 10.3. The van der Waals surface area contributed by atoms with Crippen LogP contribution in [-0.4, -0.2) is 34.8 Å². The lowest BCUT2D eigenvalue weighted by molar-refractivity contribution is 0.201. The summed E-state index contributed by atoms with van der Waals surface area (Å²) in [4.78, 5) is 10.0. The molecule has 0 saturated heterocycles. The van der Waals surface area contributed by atoms with Gasteiger partial charge in [0.15, 0.2) is 0 Å². The lowest BCUT2D eigenvalue weighted by Crippen LogP contribution is -2.27. The Morgan fingerprint density at radius 3 is 2.71 bits per heavy atom. The molecule has 1 unspecified atom stereocenters. The van der Waals surface area contributed by atoms with E-state index in [-0.39, 0.29) is 0 Å². The first kappa shape index (κ1) is 11.2. The van der Waals surface area contributed by atoms with E-state index in [2.05, 4.69) is 9.97 Å². The van der Waals surface area contributed by atoms with E-state index in [1.165, 1.54) is 0 Å². The number of likely N-dealkylation sites (N-methyl/N-ethyl adjacent to an activating group) is 1. The summed E-state index contributed by atoms with van der Waals surface area (Å²) in [5, 5.41) is 9.63. The Morgan fingerprint density at radius 1 is 1.57 bits per heavy atom. The number of hydrogen-bond acceptors (Lipinski definition) is 4. The number of anilines is 1. The first-order chi connectivity index (χ1) is 6.49. The monoisotopic (exact) mass is 215 g/mol. The largest absolute Gasteiger partial charge is 0.392 e. The van der Waals surface area contributed by atoms with E-state index < -0.39 is 6.10 Å². The van der Waals surface area contributed by atoms with Gasteiger partial charge in [-0.2, -0.15) is 0 Å². The Bertz CT molecular complexity index is 297. The Morgan fingerprint density at radius 2 is 2.21 bits per heavy atom. The third-order valence-electron chi connectivity index (χ3n) is 1.72. The maximum absolute atomic E-state index is 9.20. The van der Waals surface area contributed by atoms with Crippen LogP contribution in [0.15, 0.2) is 6.07 Å². The van der Waals surface area contributed by atoms with Crippen molar-refractivity contribution in [1.29, 1.82) is 0 Å². The Labute approximate surface area is 88.6 Å². The number of nitrogens with zero attached hydrogens (tertiary/aromatic N) is 3. The number of aliphatic hydroxyl groups is 1. The summed E-state index contributed by atoms with van der Waals surface area (Å²) in [6.45, 7) is 4.03. The molecule has 0 amide bonds. The highest BCUT2D eigenvalue weighted by Crippen LogP contribution is 2.14. The van der Waals surface area contributed by atoms with Gasteiger partial charge in [-0.05, 0) is 13.8 Å². The zero-order valence-electron chi connectivity index (χ0n) is 8.53. The van der Waals surface area contributed by atoms with Crippen molar-refractivity contribution in [2.75, 3.05) is 18.5 Å². The Balaban J connectivity index is 2.84. The van der Waals surface area contributed by atoms with Gasteiger partial charge in [0.05, 0.1) is 6.10 Å². The predicted molar refractivity (Wildman–Crippen MR) is 56.7 cm³/mol. The van der Waals surface area contributed by atoms with Gasteiger partial charge in [0, 0.05) is 19.7 Å². The summed E-state index contributed by atoms with van der Waals surface area (Å²) in [5.74, 6) is 1.35. The highest BCUT2D eigenvalue weighted by molar-refractivity contribution is 6.29. The van der Waals surface area contributed by atoms with Crippen LogP contribution < -0.4 is 4.90 Å². The van der Waals surface area contributed by atoms with Gasteiger partial charge in [0.25, 0.3) is 0 Å². The van der Waals surface area contributed by atoms with Crippen LogP contribution in [0.2, 0.25) is 5.15 Å². The number of aryl methyl sites for hydroxylation is 1. The molecule has 4 nitrogen and oxygen atoms in total. The van der Waals surface area contributed by atoms with Crippen molar-refractivity contribution in [3.8, 4) is 0 Å². The molecule has 0 aliphatic carbocycles. The molecule has 0 bridgehead atoms. The molecule has 1 aromatic rings. The van der Waals surface area contributed by atoms with E-state index in [4.69, 9.17) is 11.6 Å². The maximum Gasteiger partial charge on any atom is 0.134 e. The molecular formula is C9H14ClN3O. The zero-order chi connectivity index (χ0) is 10.7. The van der Waals surface area contributed by atoms with Gasteiger partial charge in [-0.3, -0.25) is 0 Å². The molecule has 5 heteroatoms. The molecule has 0 aromatic carbocycles. The lowest BCUT2D eigenvalue weighted by Gasteiger charge is -2.19. The van der Waals surface area contributed by atoms with Gasteiger partial charge in [0.2, 0.25) is 0 Å². The number of rotatable bonds is 3. The number of hydrogen-bond donors (Lipinski definition) is 1. The number of aliphatic hydroxyl groups excluding tert-OH is 1. The molecule has 0 saturated carbocycles.